The van der Waals surface area contributed by atoms with Gasteiger partial charge in [0.15, 0.2) is 17.7 Å². The third kappa shape index (κ3) is 8.63. The first-order chi connectivity index (χ1) is 17.0. The molecule has 192 valence electrons. The third-order valence-corrected chi connectivity index (χ3v) is 6.96. The molecule has 0 aromatic heterocycles. The van der Waals surface area contributed by atoms with Crippen LogP contribution in [0.25, 0.3) is 11.1 Å². The second-order valence-electron chi connectivity index (χ2n) is 9.77. The Hall–Kier alpha value is -2.43. The average molecular weight is 487 g/mol. The van der Waals surface area contributed by atoms with E-state index in [1.165, 1.54) is 11.6 Å². The molecule has 3 nitrogen and oxygen atoms in total. The summed E-state index contributed by atoms with van der Waals surface area (Å²) in [5, 5.41) is 0. The van der Waals surface area contributed by atoms with Gasteiger partial charge in [0.1, 0.15) is 6.10 Å². The van der Waals surface area contributed by atoms with Gasteiger partial charge in [0.05, 0.1) is 6.61 Å². The van der Waals surface area contributed by atoms with E-state index in [4.69, 9.17) is 9.47 Å². The molecule has 0 radical (unpaired) electrons. The van der Waals surface area contributed by atoms with Gasteiger partial charge in [0.2, 0.25) is 0 Å². The lowest BCUT2D eigenvalue weighted by Gasteiger charge is -2.28. The lowest BCUT2D eigenvalue weighted by atomic mass is 9.83. The highest BCUT2D eigenvalue weighted by atomic mass is 19.1. The molecule has 1 fully saturated rings. The highest BCUT2D eigenvalue weighted by Crippen LogP contribution is 2.31. The van der Waals surface area contributed by atoms with Crippen molar-refractivity contribution in [3.63, 3.8) is 0 Å². The van der Waals surface area contributed by atoms with Crippen LogP contribution in [0.2, 0.25) is 0 Å². The Labute approximate surface area is 209 Å². The molecule has 2 aromatic carbocycles. The van der Waals surface area contributed by atoms with E-state index >= 15 is 0 Å². The Morgan fingerprint density at radius 2 is 1.66 bits per heavy atom. The fourth-order valence-electron chi connectivity index (χ4n) is 4.64. The molecule has 0 unspecified atom stereocenters. The van der Waals surface area contributed by atoms with E-state index < -0.39 is 12.1 Å². The minimum atomic E-state index is -1.48. The zero-order valence-corrected chi connectivity index (χ0v) is 21.2. The average Bonchev–Trinajstić information content (AvgIpc) is 2.88. The second-order valence-corrected chi connectivity index (χ2v) is 9.77. The molecule has 0 N–H and O–H groups in total. The summed E-state index contributed by atoms with van der Waals surface area (Å²) < 4.78 is 39.2. The minimum absolute atomic E-state index is 0.137. The molecule has 0 aliphatic heterocycles. The van der Waals surface area contributed by atoms with Crippen molar-refractivity contribution in [2.45, 2.75) is 96.8 Å². The first kappa shape index (κ1) is 27.2. The summed E-state index contributed by atoms with van der Waals surface area (Å²) in [4.78, 5) is 11.9. The second kappa shape index (κ2) is 14.2. The summed E-state index contributed by atoms with van der Waals surface area (Å²) in [6.07, 6.45) is 7.88. The van der Waals surface area contributed by atoms with Crippen LogP contribution >= 0.6 is 0 Å². The Kier molecular flexibility index (Phi) is 11.0. The summed E-state index contributed by atoms with van der Waals surface area (Å²) >= 11 is 0. The van der Waals surface area contributed by atoms with Crippen LogP contribution in [0.5, 0.6) is 5.75 Å². The minimum Gasteiger partial charge on any atom is -0.491 e. The number of carbonyl (C=O) groups excluding carboxylic acids is 1. The summed E-state index contributed by atoms with van der Waals surface area (Å²) in [5.74, 6) is -0.1000. The molecule has 3 rings (SSSR count). The molecule has 1 saturated carbocycles. The maximum absolute atomic E-state index is 14.4. The molecule has 0 amide bonds. The van der Waals surface area contributed by atoms with Gasteiger partial charge in [-0.3, -0.25) is 0 Å². The Morgan fingerprint density at radius 3 is 2.31 bits per heavy atom. The van der Waals surface area contributed by atoms with Crippen molar-refractivity contribution < 1.29 is 23.0 Å². The maximum atomic E-state index is 14.4. The van der Waals surface area contributed by atoms with E-state index in [1.807, 2.05) is 25.1 Å². The Bertz CT molecular complexity index is 904. The van der Waals surface area contributed by atoms with Gasteiger partial charge in [-0.1, -0.05) is 63.4 Å². The van der Waals surface area contributed by atoms with E-state index in [0.717, 1.165) is 68.9 Å². The molecule has 2 aromatic rings. The van der Waals surface area contributed by atoms with Crippen LogP contribution in [0.4, 0.5) is 8.78 Å². The van der Waals surface area contributed by atoms with Crippen LogP contribution in [-0.4, -0.2) is 24.9 Å². The third-order valence-electron chi connectivity index (χ3n) is 6.96. The SMILES string of the molecule is CCCCOc1ccc(-c2ccc(CCC3CCC(OC(=O)[C@@H](F)CCCC)CC3)cc2)cc1F. The molecule has 1 aliphatic carbocycles. The van der Waals surface area contributed by atoms with Crippen LogP contribution in [0, 0.1) is 11.7 Å². The molecular formula is C30H40F2O3. The molecule has 35 heavy (non-hydrogen) atoms. The van der Waals surface area contributed by atoms with Gasteiger partial charge in [-0.05, 0) is 86.1 Å². The number of carbonyl (C=O) groups is 1. The molecule has 0 heterocycles. The number of hydrogen-bond donors (Lipinski definition) is 0. The summed E-state index contributed by atoms with van der Waals surface area (Å²) in [5.41, 5.74) is 3.09. The van der Waals surface area contributed by atoms with Crippen LogP contribution in [0.15, 0.2) is 42.5 Å². The molecule has 5 heteroatoms. The van der Waals surface area contributed by atoms with Gasteiger partial charge < -0.3 is 9.47 Å². The van der Waals surface area contributed by atoms with E-state index in [0.29, 0.717) is 24.7 Å². The number of aryl methyl sites for hydroxylation is 1. The van der Waals surface area contributed by atoms with Crippen molar-refractivity contribution in [3.8, 4) is 16.9 Å². The number of halogens is 2. The number of ether oxygens (including phenoxy) is 2. The molecule has 1 atom stereocenters. The van der Waals surface area contributed by atoms with E-state index in [2.05, 4.69) is 19.1 Å². The zero-order chi connectivity index (χ0) is 25.0. The van der Waals surface area contributed by atoms with Crippen LogP contribution in [0.1, 0.15) is 83.6 Å². The number of rotatable bonds is 13. The van der Waals surface area contributed by atoms with Crippen molar-refractivity contribution in [2.24, 2.45) is 5.92 Å². The molecule has 0 saturated heterocycles. The zero-order valence-electron chi connectivity index (χ0n) is 21.2. The number of alkyl halides is 1. The largest absolute Gasteiger partial charge is 0.491 e. The van der Waals surface area contributed by atoms with E-state index in [-0.39, 0.29) is 18.3 Å². The van der Waals surface area contributed by atoms with Crippen LogP contribution in [0.3, 0.4) is 0 Å². The highest BCUT2D eigenvalue weighted by molar-refractivity contribution is 5.74. The van der Waals surface area contributed by atoms with Crippen molar-refractivity contribution in [3.05, 3.63) is 53.8 Å². The van der Waals surface area contributed by atoms with Crippen molar-refractivity contribution in [1.29, 1.82) is 0 Å². The van der Waals surface area contributed by atoms with Gasteiger partial charge in [0.25, 0.3) is 0 Å². The Balaban J connectivity index is 1.42. The maximum Gasteiger partial charge on any atom is 0.340 e. The fraction of sp³-hybridized carbons (Fsp3) is 0.567. The van der Waals surface area contributed by atoms with Gasteiger partial charge in [-0.15, -0.1) is 0 Å². The van der Waals surface area contributed by atoms with Crippen molar-refractivity contribution in [2.75, 3.05) is 6.61 Å². The van der Waals surface area contributed by atoms with Crippen LogP contribution in [-0.2, 0) is 16.0 Å². The highest BCUT2D eigenvalue weighted by Gasteiger charge is 2.27. The quantitative estimate of drug-likeness (QED) is 0.211. The number of unbranched alkanes of at least 4 members (excludes halogenated alkanes) is 2. The predicted octanol–water partition coefficient (Wildman–Crippen LogP) is 8.23. The van der Waals surface area contributed by atoms with E-state index in [9.17, 15) is 13.6 Å². The van der Waals surface area contributed by atoms with Crippen LogP contribution < -0.4 is 4.74 Å². The predicted molar refractivity (Wildman–Crippen MR) is 137 cm³/mol. The summed E-state index contributed by atoms with van der Waals surface area (Å²) in [6, 6.07) is 13.5. The van der Waals surface area contributed by atoms with Crippen molar-refractivity contribution >= 4 is 5.97 Å². The Morgan fingerprint density at radius 1 is 0.971 bits per heavy atom. The summed E-state index contributed by atoms with van der Waals surface area (Å²) in [7, 11) is 0. The first-order valence-corrected chi connectivity index (χ1v) is 13.4. The summed E-state index contributed by atoms with van der Waals surface area (Å²) in [6.45, 7) is 4.60. The van der Waals surface area contributed by atoms with Gasteiger partial charge in [-0.2, -0.15) is 0 Å². The van der Waals surface area contributed by atoms with Gasteiger partial charge in [-0.25, -0.2) is 13.6 Å². The fourth-order valence-corrected chi connectivity index (χ4v) is 4.64. The number of esters is 1. The smallest absolute Gasteiger partial charge is 0.340 e. The molecule has 0 bridgehead atoms. The van der Waals surface area contributed by atoms with Gasteiger partial charge in [0, 0.05) is 0 Å². The first-order valence-electron chi connectivity index (χ1n) is 13.4. The number of hydrogen-bond acceptors (Lipinski definition) is 3. The standard InChI is InChI=1S/C30H40F2O3/c1-3-5-7-27(31)30(33)35-26-17-12-23(13-18-26)9-8-22-10-14-24(15-11-22)25-16-19-29(28(32)21-25)34-20-6-4-2/h10-11,14-16,19,21,23,26-27H,3-9,12-13,17-18,20H2,1-2H3/t23?,26?,27-/m0/s1. The van der Waals surface area contributed by atoms with E-state index in [1.54, 1.807) is 6.07 Å². The normalized spacial score (nSPS) is 18.7. The lowest BCUT2D eigenvalue weighted by Crippen LogP contribution is -2.29. The monoisotopic (exact) mass is 486 g/mol. The molecular weight excluding hydrogens is 446 g/mol. The molecule has 1 aliphatic rings. The number of benzene rings is 2. The van der Waals surface area contributed by atoms with Gasteiger partial charge >= 0.3 is 5.97 Å². The lowest BCUT2D eigenvalue weighted by molar-refractivity contribution is -0.157. The van der Waals surface area contributed by atoms with Crippen molar-refractivity contribution in [1.82, 2.24) is 0 Å². The topological polar surface area (TPSA) is 35.5 Å². The molecule has 0 spiro atoms.